The van der Waals surface area contributed by atoms with Crippen molar-refractivity contribution in [3.63, 3.8) is 0 Å². The summed E-state index contributed by atoms with van der Waals surface area (Å²) in [4.78, 5) is 14.7. The largest absolute Gasteiger partial charge is 0.504 e. The number of phenolic OH excluding ortho intramolecular Hbond substituents is 2. The molecule has 0 unspecified atom stereocenters. The zero-order valence-corrected chi connectivity index (χ0v) is 12.5. The SMILES string of the molecule is CN1CC(=O)NC1=N.NCCc1c[nH]c2cc(O)c(O)c(F)c12. The van der Waals surface area contributed by atoms with Crippen molar-refractivity contribution in [3.8, 4) is 11.5 Å². The molecule has 0 aliphatic carbocycles. The van der Waals surface area contributed by atoms with Crippen LogP contribution in [-0.2, 0) is 11.2 Å². The van der Waals surface area contributed by atoms with Crippen LogP contribution in [0, 0.1) is 11.2 Å². The second-order valence-electron chi connectivity index (χ2n) is 5.09. The lowest BCUT2D eigenvalue weighted by atomic mass is 10.1. The Morgan fingerprint density at radius 3 is 2.65 bits per heavy atom. The molecule has 1 amide bonds. The number of aromatic hydroxyl groups is 2. The summed E-state index contributed by atoms with van der Waals surface area (Å²) in [5.74, 6) is -1.91. The minimum atomic E-state index is -0.810. The number of amides is 1. The molecule has 9 heteroatoms. The molecular formula is C14H18FN5O3. The van der Waals surface area contributed by atoms with Crippen molar-refractivity contribution in [1.82, 2.24) is 15.2 Å². The Bertz CT molecular complexity index is 758. The average molecular weight is 323 g/mol. The number of carbonyl (C=O) groups excluding carboxylic acids is 1. The first kappa shape index (κ1) is 16.6. The van der Waals surface area contributed by atoms with Gasteiger partial charge in [0.25, 0.3) is 0 Å². The number of phenols is 2. The number of nitrogens with zero attached hydrogens (tertiary/aromatic N) is 1. The van der Waals surface area contributed by atoms with E-state index in [0.717, 1.165) is 0 Å². The van der Waals surface area contributed by atoms with Gasteiger partial charge in [0.15, 0.2) is 23.3 Å². The number of aromatic amines is 1. The topological polar surface area (TPSA) is 138 Å². The van der Waals surface area contributed by atoms with Crippen LogP contribution < -0.4 is 11.1 Å². The van der Waals surface area contributed by atoms with Crippen LogP contribution in [0.5, 0.6) is 11.5 Å². The van der Waals surface area contributed by atoms with Crippen LogP contribution >= 0.6 is 0 Å². The predicted octanol–water partition coefficient (Wildman–Crippen LogP) is 0.202. The fourth-order valence-corrected chi connectivity index (χ4v) is 2.21. The molecule has 0 radical (unpaired) electrons. The summed E-state index contributed by atoms with van der Waals surface area (Å²) in [7, 11) is 1.69. The molecule has 3 rings (SSSR count). The molecule has 1 aromatic heterocycles. The molecule has 1 aromatic carbocycles. The van der Waals surface area contributed by atoms with Crippen LogP contribution in [0.1, 0.15) is 5.56 Å². The minimum absolute atomic E-state index is 0.0995. The molecule has 2 heterocycles. The van der Waals surface area contributed by atoms with E-state index in [4.69, 9.17) is 11.1 Å². The van der Waals surface area contributed by atoms with Gasteiger partial charge in [0.2, 0.25) is 5.91 Å². The van der Waals surface area contributed by atoms with Crippen LogP contribution in [0.4, 0.5) is 4.39 Å². The molecule has 1 aliphatic rings. The van der Waals surface area contributed by atoms with Gasteiger partial charge >= 0.3 is 0 Å². The lowest BCUT2D eigenvalue weighted by Crippen LogP contribution is -2.25. The van der Waals surface area contributed by atoms with Gasteiger partial charge in [-0.3, -0.25) is 15.5 Å². The van der Waals surface area contributed by atoms with E-state index >= 15 is 0 Å². The lowest BCUT2D eigenvalue weighted by Gasteiger charge is -2.03. The number of fused-ring (bicyclic) bond motifs is 1. The number of likely N-dealkylation sites (N-methyl/N-ethyl adjacent to an activating group) is 1. The first-order valence-corrected chi connectivity index (χ1v) is 6.85. The molecule has 8 nitrogen and oxygen atoms in total. The van der Waals surface area contributed by atoms with Crippen molar-refractivity contribution in [1.29, 1.82) is 5.41 Å². The minimum Gasteiger partial charge on any atom is -0.504 e. The molecule has 1 aliphatic heterocycles. The maximum atomic E-state index is 13.6. The monoisotopic (exact) mass is 323 g/mol. The summed E-state index contributed by atoms with van der Waals surface area (Å²) in [5, 5.41) is 28.1. The molecule has 7 N–H and O–H groups in total. The van der Waals surface area contributed by atoms with E-state index < -0.39 is 17.3 Å². The van der Waals surface area contributed by atoms with Crippen LogP contribution in [-0.4, -0.2) is 52.1 Å². The number of aromatic nitrogens is 1. The van der Waals surface area contributed by atoms with E-state index in [1.54, 1.807) is 18.1 Å². The number of rotatable bonds is 2. The van der Waals surface area contributed by atoms with Crippen molar-refractivity contribution in [2.45, 2.75) is 6.42 Å². The van der Waals surface area contributed by atoms with Gasteiger partial charge in [-0.2, -0.15) is 0 Å². The molecule has 23 heavy (non-hydrogen) atoms. The highest BCUT2D eigenvalue weighted by Crippen LogP contribution is 2.35. The number of benzene rings is 1. The Morgan fingerprint density at radius 2 is 2.17 bits per heavy atom. The standard InChI is InChI=1S/C10H11FN2O2.C4H7N3O/c11-9-8-5(1-2-12)4-13-6(8)3-7(14)10(9)15;1-7-2-3(8)6-4(7)5/h3-4,13-15H,1-2,12H2;2H2,1H3,(H2,5,6,8). The highest BCUT2D eigenvalue weighted by Gasteiger charge is 2.18. The van der Waals surface area contributed by atoms with E-state index in [9.17, 15) is 19.4 Å². The molecule has 0 atom stereocenters. The normalized spacial score (nSPS) is 14.0. The Balaban J connectivity index is 0.000000203. The van der Waals surface area contributed by atoms with Crippen LogP contribution in [0.25, 0.3) is 10.9 Å². The first-order chi connectivity index (χ1) is 10.8. The van der Waals surface area contributed by atoms with E-state index in [2.05, 4.69) is 10.3 Å². The van der Waals surface area contributed by atoms with Crippen molar-refractivity contribution >= 4 is 22.8 Å². The van der Waals surface area contributed by atoms with Gasteiger partial charge in [-0.1, -0.05) is 0 Å². The highest BCUT2D eigenvalue weighted by atomic mass is 19.1. The summed E-state index contributed by atoms with van der Waals surface area (Å²) in [6.07, 6.45) is 2.14. The molecule has 0 spiro atoms. The molecule has 0 saturated carbocycles. The third-order valence-electron chi connectivity index (χ3n) is 3.38. The zero-order chi connectivity index (χ0) is 17.1. The van der Waals surface area contributed by atoms with Gasteiger partial charge in [0.1, 0.15) is 0 Å². The smallest absolute Gasteiger partial charge is 0.246 e. The molecule has 2 aromatic rings. The Morgan fingerprint density at radius 1 is 1.48 bits per heavy atom. The third kappa shape index (κ3) is 3.34. The summed E-state index contributed by atoms with van der Waals surface area (Å²) in [6.45, 7) is 0.715. The maximum Gasteiger partial charge on any atom is 0.246 e. The number of hydrogen-bond acceptors (Lipinski definition) is 5. The number of hydrogen-bond donors (Lipinski definition) is 6. The fraction of sp³-hybridized carbons (Fsp3) is 0.286. The quantitative estimate of drug-likeness (QED) is 0.438. The van der Waals surface area contributed by atoms with E-state index in [1.807, 2.05) is 0 Å². The molecular weight excluding hydrogens is 305 g/mol. The van der Waals surface area contributed by atoms with Crippen LogP contribution in [0.3, 0.4) is 0 Å². The third-order valence-corrected chi connectivity index (χ3v) is 3.38. The second kappa shape index (κ2) is 6.53. The Hall–Kier alpha value is -2.81. The summed E-state index contributed by atoms with van der Waals surface area (Å²) in [6, 6.07) is 1.29. The van der Waals surface area contributed by atoms with Crippen molar-refractivity contribution in [3.05, 3.63) is 23.6 Å². The summed E-state index contributed by atoms with van der Waals surface area (Å²) < 4.78 is 13.6. The second-order valence-corrected chi connectivity index (χ2v) is 5.09. The molecule has 0 bridgehead atoms. The number of halogens is 1. The molecule has 124 valence electrons. The number of carbonyl (C=O) groups is 1. The van der Waals surface area contributed by atoms with E-state index in [-0.39, 0.29) is 17.3 Å². The van der Waals surface area contributed by atoms with E-state index in [0.29, 0.717) is 30.6 Å². The summed E-state index contributed by atoms with van der Waals surface area (Å²) in [5.41, 5.74) is 6.53. The summed E-state index contributed by atoms with van der Waals surface area (Å²) >= 11 is 0. The number of nitrogens with two attached hydrogens (primary N) is 1. The van der Waals surface area contributed by atoms with Crippen molar-refractivity contribution in [2.24, 2.45) is 5.73 Å². The molecule has 1 fully saturated rings. The zero-order valence-electron chi connectivity index (χ0n) is 12.5. The number of H-pyrrole nitrogens is 1. The van der Waals surface area contributed by atoms with Gasteiger partial charge in [-0.05, 0) is 18.5 Å². The van der Waals surface area contributed by atoms with Crippen LogP contribution in [0.2, 0.25) is 0 Å². The number of guanidine groups is 1. The van der Waals surface area contributed by atoms with E-state index in [1.165, 1.54) is 6.07 Å². The highest BCUT2D eigenvalue weighted by molar-refractivity contribution is 6.02. The number of nitrogens with one attached hydrogen (secondary N) is 3. The fourth-order valence-electron chi connectivity index (χ4n) is 2.21. The lowest BCUT2D eigenvalue weighted by molar-refractivity contribution is -0.118. The Labute approximate surface area is 131 Å². The Kier molecular flexibility index (Phi) is 4.70. The van der Waals surface area contributed by atoms with Crippen molar-refractivity contribution < 1.29 is 19.4 Å². The van der Waals surface area contributed by atoms with Gasteiger partial charge in [0.05, 0.1) is 12.1 Å². The molecule has 1 saturated heterocycles. The van der Waals surface area contributed by atoms with Crippen molar-refractivity contribution in [2.75, 3.05) is 20.1 Å². The van der Waals surface area contributed by atoms with Gasteiger partial charge in [-0.15, -0.1) is 0 Å². The van der Waals surface area contributed by atoms with Gasteiger partial charge in [0, 0.05) is 24.7 Å². The first-order valence-electron chi connectivity index (χ1n) is 6.85. The maximum absolute atomic E-state index is 13.6. The van der Waals surface area contributed by atoms with Gasteiger partial charge < -0.3 is 25.8 Å². The van der Waals surface area contributed by atoms with Crippen LogP contribution in [0.15, 0.2) is 12.3 Å². The average Bonchev–Trinajstić information content (AvgIpc) is 3.01. The van der Waals surface area contributed by atoms with Gasteiger partial charge in [-0.25, -0.2) is 4.39 Å². The predicted molar refractivity (Wildman–Crippen MR) is 82.8 cm³/mol.